The Morgan fingerprint density at radius 2 is 2.05 bits per heavy atom. The number of hydrogen-bond donors (Lipinski definition) is 1. The van der Waals surface area contributed by atoms with Gasteiger partial charge in [0.15, 0.2) is 0 Å². The molecule has 1 aromatic heterocycles. The van der Waals surface area contributed by atoms with Crippen molar-refractivity contribution in [3.8, 4) is 0 Å². The summed E-state index contributed by atoms with van der Waals surface area (Å²) in [5.74, 6) is 1.65. The molecule has 0 saturated carbocycles. The van der Waals surface area contributed by atoms with Gasteiger partial charge in [0.2, 0.25) is 0 Å². The Hall–Kier alpha value is -1.75. The molecule has 118 valence electrons. The van der Waals surface area contributed by atoms with Gasteiger partial charge < -0.3 is 14.9 Å². The number of nitrogens with one attached hydrogen (secondary N) is 1. The third kappa shape index (κ3) is 3.35. The van der Waals surface area contributed by atoms with E-state index < -0.39 is 6.04 Å². The number of anilines is 1. The molecule has 5 heteroatoms. The van der Waals surface area contributed by atoms with Crippen molar-refractivity contribution in [2.75, 3.05) is 25.0 Å². The van der Waals surface area contributed by atoms with Crippen molar-refractivity contribution in [1.82, 2.24) is 9.88 Å². The molecule has 0 spiro atoms. The van der Waals surface area contributed by atoms with Crippen molar-refractivity contribution in [2.45, 2.75) is 38.1 Å². The molecule has 1 saturated heterocycles. The van der Waals surface area contributed by atoms with E-state index in [0.717, 1.165) is 69.4 Å². The van der Waals surface area contributed by atoms with Gasteiger partial charge in [-0.3, -0.25) is 4.90 Å². The van der Waals surface area contributed by atoms with Gasteiger partial charge >= 0.3 is 0 Å². The van der Waals surface area contributed by atoms with E-state index in [4.69, 9.17) is 4.98 Å². The molecule has 0 unspecified atom stereocenters. The largest absolute Gasteiger partial charge is 0.370 e. The van der Waals surface area contributed by atoms with Gasteiger partial charge in [0.1, 0.15) is 24.4 Å². The normalized spacial score (nSPS) is 19.5. The van der Waals surface area contributed by atoms with Crippen LogP contribution in [0.25, 0.3) is 0 Å². The van der Waals surface area contributed by atoms with Gasteiger partial charge in [0.05, 0.1) is 0 Å². The van der Waals surface area contributed by atoms with Crippen molar-refractivity contribution in [3.05, 3.63) is 23.4 Å². The van der Waals surface area contributed by atoms with Gasteiger partial charge in [0, 0.05) is 12.2 Å². The highest BCUT2D eigenvalue weighted by Gasteiger charge is 2.25. The van der Waals surface area contributed by atoms with Crippen LogP contribution < -0.4 is 5.32 Å². The summed E-state index contributed by atoms with van der Waals surface area (Å²) in [7, 11) is 0. The van der Waals surface area contributed by atoms with Crippen molar-refractivity contribution in [3.63, 3.8) is 0 Å². The molecule has 3 heterocycles. The van der Waals surface area contributed by atoms with E-state index in [0.29, 0.717) is 5.92 Å². The maximum Gasteiger partial charge on any atom is 0.144 e. The van der Waals surface area contributed by atoms with Gasteiger partial charge in [-0.15, -0.1) is 0 Å². The number of carbonyl (C=O) groups is 2. The summed E-state index contributed by atoms with van der Waals surface area (Å²) in [5.41, 5.74) is 2.47. The maximum absolute atomic E-state index is 10.9. The van der Waals surface area contributed by atoms with Crippen LogP contribution in [0.15, 0.2) is 12.1 Å². The Morgan fingerprint density at radius 3 is 2.77 bits per heavy atom. The fourth-order valence-electron chi connectivity index (χ4n) is 3.44. The summed E-state index contributed by atoms with van der Waals surface area (Å²) >= 11 is 0. The van der Waals surface area contributed by atoms with Gasteiger partial charge in [-0.1, -0.05) is 6.07 Å². The Morgan fingerprint density at radius 1 is 1.27 bits per heavy atom. The van der Waals surface area contributed by atoms with Crippen LogP contribution in [0.5, 0.6) is 0 Å². The highest BCUT2D eigenvalue weighted by Crippen LogP contribution is 2.25. The molecule has 0 bridgehead atoms. The minimum Gasteiger partial charge on any atom is -0.370 e. The quantitative estimate of drug-likeness (QED) is 0.659. The number of aryl methyl sites for hydroxylation is 1. The van der Waals surface area contributed by atoms with Crippen LogP contribution in [0.1, 0.15) is 30.5 Å². The highest BCUT2D eigenvalue weighted by atomic mass is 16.1. The minimum atomic E-state index is -0.563. The number of piperidine rings is 1. The average molecular weight is 301 g/mol. The van der Waals surface area contributed by atoms with Crippen molar-refractivity contribution in [2.24, 2.45) is 5.92 Å². The zero-order chi connectivity index (χ0) is 15.4. The number of pyridine rings is 1. The Kier molecular flexibility index (Phi) is 4.83. The van der Waals surface area contributed by atoms with Crippen LogP contribution in [0.2, 0.25) is 0 Å². The molecule has 0 aliphatic carbocycles. The summed E-state index contributed by atoms with van der Waals surface area (Å²) < 4.78 is 0. The Bertz CT molecular complexity index is 531. The molecule has 1 fully saturated rings. The summed E-state index contributed by atoms with van der Waals surface area (Å²) in [6, 6.07) is 3.79. The Balaban J connectivity index is 1.56. The molecular formula is C17H23N3O2. The van der Waals surface area contributed by atoms with Gasteiger partial charge in [-0.25, -0.2) is 4.98 Å². The second-order valence-corrected chi connectivity index (χ2v) is 6.29. The maximum atomic E-state index is 10.9. The van der Waals surface area contributed by atoms with E-state index >= 15 is 0 Å². The number of rotatable bonds is 5. The van der Waals surface area contributed by atoms with Crippen molar-refractivity contribution in [1.29, 1.82) is 0 Å². The van der Waals surface area contributed by atoms with Crippen LogP contribution in [0, 0.1) is 5.92 Å². The molecule has 1 N–H and O–H groups in total. The topological polar surface area (TPSA) is 62.3 Å². The first-order chi connectivity index (χ1) is 10.8. The number of carbonyl (C=O) groups excluding carboxylic acids is 2. The second kappa shape index (κ2) is 7.01. The number of aldehydes is 2. The first kappa shape index (κ1) is 15.2. The zero-order valence-electron chi connectivity index (χ0n) is 12.8. The molecule has 3 rings (SSSR count). The molecule has 1 aromatic rings. The monoisotopic (exact) mass is 301 g/mol. The SMILES string of the molecule is O=CC(C=O)N1CCC(Cc2ccc3c(n2)NCCC3)CC1. The third-order valence-corrected chi connectivity index (χ3v) is 4.80. The predicted octanol–water partition coefficient (Wildman–Crippen LogP) is 1.46. The Labute approximate surface area is 131 Å². The van der Waals surface area contributed by atoms with E-state index in [1.165, 1.54) is 12.0 Å². The van der Waals surface area contributed by atoms with E-state index in [1.807, 2.05) is 4.90 Å². The van der Waals surface area contributed by atoms with Gasteiger partial charge in [-0.2, -0.15) is 0 Å². The molecule has 22 heavy (non-hydrogen) atoms. The molecule has 2 aliphatic rings. The van der Waals surface area contributed by atoms with E-state index in [-0.39, 0.29) is 0 Å². The van der Waals surface area contributed by atoms with E-state index in [9.17, 15) is 9.59 Å². The number of aromatic nitrogens is 1. The summed E-state index contributed by atoms with van der Waals surface area (Å²) in [5, 5.41) is 3.38. The lowest BCUT2D eigenvalue weighted by atomic mass is 9.91. The van der Waals surface area contributed by atoms with Crippen LogP contribution in [-0.4, -0.2) is 48.1 Å². The molecule has 0 radical (unpaired) electrons. The second-order valence-electron chi connectivity index (χ2n) is 6.29. The molecule has 2 aliphatic heterocycles. The zero-order valence-corrected chi connectivity index (χ0v) is 12.8. The average Bonchev–Trinajstić information content (AvgIpc) is 2.57. The van der Waals surface area contributed by atoms with Crippen LogP contribution >= 0.6 is 0 Å². The minimum absolute atomic E-state index is 0.563. The van der Waals surface area contributed by atoms with E-state index in [1.54, 1.807) is 0 Å². The predicted molar refractivity (Wildman–Crippen MR) is 85.0 cm³/mol. The van der Waals surface area contributed by atoms with Crippen LogP contribution in [-0.2, 0) is 22.4 Å². The number of hydrogen-bond acceptors (Lipinski definition) is 5. The standard InChI is InChI=1S/C17H23N3O2/c21-11-16(12-22)20-8-5-13(6-9-20)10-15-4-3-14-2-1-7-18-17(14)19-15/h3-4,11-13,16H,1-2,5-10H2,(H,18,19). The fraction of sp³-hybridized carbons (Fsp3) is 0.588. The highest BCUT2D eigenvalue weighted by molar-refractivity contribution is 5.82. The first-order valence-corrected chi connectivity index (χ1v) is 8.17. The fourth-order valence-corrected chi connectivity index (χ4v) is 3.44. The number of fused-ring (bicyclic) bond motifs is 1. The summed E-state index contributed by atoms with van der Waals surface area (Å²) in [6.45, 7) is 2.65. The van der Waals surface area contributed by atoms with Crippen LogP contribution in [0.3, 0.4) is 0 Å². The number of likely N-dealkylation sites (tertiary alicyclic amines) is 1. The lowest BCUT2D eigenvalue weighted by Crippen LogP contribution is -2.43. The van der Waals surface area contributed by atoms with Crippen molar-refractivity contribution >= 4 is 18.4 Å². The van der Waals surface area contributed by atoms with Gasteiger partial charge in [-0.05, 0) is 62.7 Å². The molecule has 0 atom stereocenters. The lowest BCUT2D eigenvalue weighted by Gasteiger charge is -2.33. The van der Waals surface area contributed by atoms with Crippen LogP contribution in [0.4, 0.5) is 5.82 Å². The summed E-state index contributed by atoms with van der Waals surface area (Å²) in [4.78, 5) is 28.4. The molecule has 5 nitrogen and oxygen atoms in total. The van der Waals surface area contributed by atoms with Crippen molar-refractivity contribution < 1.29 is 9.59 Å². The summed E-state index contributed by atoms with van der Waals surface area (Å²) in [6.07, 6.45) is 6.80. The first-order valence-electron chi connectivity index (χ1n) is 8.17. The van der Waals surface area contributed by atoms with E-state index in [2.05, 4.69) is 17.4 Å². The van der Waals surface area contributed by atoms with Gasteiger partial charge in [0.25, 0.3) is 0 Å². The third-order valence-electron chi connectivity index (χ3n) is 4.80. The number of nitrogens with zero attached hydrogens (tertiary/aromatic N) is 2. The lowest BCUT2D eigenvalue weighted by molar-refractivity contribution is -0.121. The molecular weight excluding hydrogens is 278 g/mol. The molecule has 0 aromatic carbocycles. The smallest absolute Gasteiger partial charge is 0.144 e. The molecule has 0 amide bonds.